The maximum atomic E-state index is 15.4. The summed E-state index contributed by atoms with van der Waals surface area (Å²) in [5, 5.41) is 3.49. The highest BCUT2D eigenvalue weighted by Gasteiger charge is 2.57. The fourth-order valence-corrected chi connectivity index (χ4v) is 4.40. The molecular weight excluding hydrogens is 521 g/mol. The van der Waals surface area contributed by atoms with Crippen LogP contribution in [0.15, 0.2) is 69.6 Å². The van der Waals surface area contributed by atoms with Crippen molar-refractivity contribution < 1.29 is 9.18 Å². The van der Waals surface area contributed by atoms with E-state index in [-0.39, 0.29) is 11.8 Å². The quantitative estimate of drug-likeness (QED) is 0.362. The van der Waals surface area contributed by atoms with Gasteiger partial charge >= 0.3 is 0 Å². The van der Waals surface area contributed by atoms with Gasteiger partial charge in [0, 0.05) is 31.1 Å². The minimum Gasteiger partial charge on any atom is -0.322 e. The lowest BCUT2D eigenvalue weighted by atomic mass is 10.0. The summed E-state index contributed by atoms with van der Waals surface area (Å²) in [6.45, 7) is 1.88. The molecule has 0 bridgehead atoms. The summed E-state index contributed by atoms with van der Waals surface area (Å²) < 4.78 is 17.3. The number of carbonyl (C=O) groups is 1. The molecule has 6 heteroatoms. The van der Waals surface area contributed by atoms with E-state index in [9.17, 15) is 4.79 Å². The molecule has 4 rings (SSSR count). The van der Waals surface area contributed by atoms with Crippen molar-refractivity contribution in [1.82, 2.24) is 0 Å². The van der Waals surface area contributed by atoms with E-state index >= 15 is 4.39 Å². The van der Waals surface area contributed by atoms with Crippen molar-refractivity contribution in [2.24, 2.45) is 0 Å². The second-order valence-corrected chi connectivity index (χ2v) is 9.43. The predicted octanol–water partition coefficient (Wildman–Crippen LogP) is 7.78. The number of hydrogen-bond acceptors (Lipinski definition) is 1. The lowest BCUT2D eigenvalue weighted by molar-refractivity contribution is 0.102. The van der Waals surface area contributed by atoms with Crippen molar-refractivity contribution in [3.8, 4) is 0 Å². The molecule has 1 aliphatic rings. The van der Waals surface area contributed by atoms with Gasteiger partial charge in [-0.2, -0.15) is 0 Å². The van der Waals surface area contributed by atoms with E-state index in [2.05, 4.69) is 37.2 Å². The van der Waals surface area contributed by atoms with Crippen molar-refractivity contribution in [1.29, 1.82) is 0 Å². The van der Waals surface area contributed by atoms with Gasteiger partial charge in [0.15, 0.2) is 0 Å². The molecule has 0 radical (unpaired) electrons. The highest BCUT2D eigenvalue weighted by Crippen LogP contribution is 2.62. The zero-order valence-corrected chi connectivity index (χ0v) is 19.4. The standard InChI is InChI=1S/C23H17Br2ClFNO/c1-13-10-17(26)7-9-21(13)28-22(29)14-2-5-16(6-3-14)23(27)12-18(23)15-4-8-19(24)20(25)11-15/h2-11,18H,12H2,1H3,(H,28,29). The molecule has 2 atom stereocenters. The number of nitrogens with one attached hydrogen (secondary N) is 1. The molecule has 1 aliphatic carbocycles. The summed E-state index contributed by atoms with van der Waals surface area (Å²) >= 11 is 12.9. The molecule has 3 aromatic rings. The van der Waals surface area contributed by atoms with Crippen LogP contribution in [0.4, 0.5) is 10.1 Å². The number of hydrogen-bond donors (Lipinski definition) is 1. The third-order valence-corrected chi connectivity index (χ3v) is 7.42. The molecule has 1 fully saturated rings. The SMILES string of the molecule is Cc1cc(Cl)ccc1NC(=O)c1ccc(C2(F)CC2c2ccc(Br)c(Br)c2)cc1. The summed E-state index contributed by atoms with van der Waals surface area (Å²) in [4.78, 5) is 12.5. The molecule has 1 saturated carbocycles. The third kappa shape index (κ3) is 4.14. The van der Waals surface area contributed by atoms with Gasteiger partial charge in [-0.1, -0.05) is 29.8 Å². The first-order chi connectivity index (χ1) is 13.8. The van der Waals surface area contributed by atoms with Crippen LogP contribution in [0.2, 0.25) is 5.02 Å². The fraction of sp³-hybridized carbons (Fsp3) is 0.174. The lowest BCUT2D eigenvalue weighted by Crippen LogP contribution is -2.13. The van der Waals surface area contributed by atoms with Gasteiger partial charge in [0.2, 0.25) is 0 Å². The Bertz CT molecular complexity index is 1100. The Morgan fingerprint density at radius 3 is 2.45 bits per heavy atom. The van der Waals surface area contributed by atoms with Gasteiger partial charge in [-0.25, -0.2) is 4.39 Å². The first-order valence-corrected chi connectivity index (χ1v) is 11.1. The van der Waals surface area contributed by atoms with Gasteiger partial charge in [-0.3, -0.25) is 4.79 Å². The van der Waals surface area contributed by atoms with Gasteiger partial charge in [0.05, 0.1) is 0 Å². The van der Waals surface area contributed by atoms with E-state index in [1.54, 1.807) is 42.5 Å². The van der Waals surface area contributed by atoms with Crippen LogP contribution in [0.3, 0.4) is 0 Å². The summed E-state index contributed by atoms with van der Waals surface area (Å²) in [7, 11) is 0. The van der Waals surface area contributed by atoms with Gasteiger partial charge in [-0.15, -0.1) is 0 Å². The van der Waals surface area contributed by atoms with Crippen molar-refractivity contribution in [2.75, 3.05) is 5.32 Å². The Morgan fingerprint density at radius 2 is 1.79 bits per heavy atom. The number of aryl methyl sites for hydroxylation is 1. The maximum absolute atomic E-state index is 15.4. The minimum absolute atomic E-state index is 0.178. The summed E-state index contributed by atoms with van der Waals surface area (Å²) in [5.74, 6) is -0.414. The molecule has 0 saturated heterocycles. The molecule has 1 amide bonds. The monoisotopic (exact) mass is 535 g/mol. The minimum atomic E-state index is -1.39. The zero-order chi connectivity index (χ0) is 20.8. The van der Waals surface area contributed by atoms with Crippen molar-refractivity contribution in [3.05, 3.63) is 96.9 Å². The van der Waals surface area contributed by atoms with Crippen LogP contribution in [0.25, 0.3) is 0 Å². The molecule has 2 nitrogen and oxygen atoms in total. The lowest BCUT2D eigenvalue weighted by Gasteiger charge is -2.12. The third-order valence-electron chi connectivity index (χ3n) is 5.30. The van der Waals surface area contributed by atoms with Crippen molar-refractivity contribution in [3.63, 3.8) is 0 Å². The van der Waals surface area contributed by atoms with Gasteiger partial charge < -0.3 is 5.32 Å². The molecule has 3 aromatic carbocycles. The summed E-state index contributed by atoms with van der Waals surface area (Å²) in [6.07, 6.45) is 0.441. The Balaban J connectivity index is 1.49. The van der Waals surface area contributed by atoms with Crippen LogP contribution in [0, 0.1) is 6.92 Å². The largest absolute Gasteiger partial charge is 0.322 e. The van der Waals surface area contributed by atoms with E-state index in [0.29, 0.717) is 28.3 Å². The average Bonchev–Trinajstić information content (AvgIpc) is 3.39. The molecule has 148 valence electrons. The normalized spacial score (nSPS) is 20.4. The Morgan fingerprint density at radius 1 is 1.07 bits per heavy atom. The number of alkyl halides is 1. The Labute approximate surface area is 190 Å². The van der Waals surface area contributed by atoms with E-state index in [0.717, 1.165) is 20.1 Å². The van der Waals surface area contributed by atoms with Crippen molar-refractivity contribution >= 4 is 55.1 Å². The highest BCUT2D eigenvalue weighted by molar-refractivity contribution is 9.13. The molecule has 29 heavy (non-hydrogen) atoms. The van der Waals surface area contributed by atoms with E-state index in [4.69, 9.17) is 11.6 Å². The Hall–Kier alpha value is -1.69. The predicted molar refractivity (Wildman–Crippen MR) is 123 cm³/mol. The van der Waals surface area contributed by atoms with Crippen LogP contribution >= 0.6 is 43.5 Å². The van der Waals surface area contributed by atoms with Gasteiger partial charge in [-0.05, 0) is 104 Å². The number of carbonyl (C=O) groups excluding carboxylic acids is 1. The molecule has 1 N–H and O–H groups in total. The highest BCUT2D eigenvalue weighted by atomic mass is 79.9. The van der Waals surface area contributed by atoms with Crippen molar-refractivity contribution in [2.45, 2.75) is 24.9 Å². The van der Waals surface area contributed by atoms with Crippen LogP contribution in [0.5, 0.6) is 0 Å². The first kappa shape index (κ1) is 20.6. The van der Waals surface area contributed by atoms with E-state index in [1.165, 1.54) is 0 Å². The molecule has 0 aromatic heterocycles. The summed E-state index contributed by atoms with van der Waals surface area (Å²) in [5.41, 5.74) is 2.23. The number of halogens is 4. The van der Waals surface area contributed by atoms with Gasteiger partial charge in [0.1, 0.15) is 5.67 Å². The van der Waals surface area contributed by atoms with Crippen LogP contribution in [0.1, 0.15) is 39.4 Å². The fourth-order valence-electron chi connectivity index (χ4n) is 3.53. The molecular formula is C23H17Br2ClFNO. The second kappa shape index (κ2) is 7.86. The van der Waals surface area contributed by atoms with E-state index < -0.39 is 5.67 Å². The van der Waals surface area contributed by atoms with Crippen LogP contribution in [-0.2, 0) is 5.67 Å². The molecule has 0 aliphatic heterocycles. The summed E-state index contributed by atoms with van der Waals surface area (Å²) in [6, 6.07) is 17.9. The molecule has 2 unspecified atom stereocenters. The second-order valence-electron chi connectivity index (χ2n) is 7.28. The molecule has 0 heterocycles. The van der Waals surface area contributed by atoms with Gasteiger partial charge in [0.25, 0.3) is 5.91 Å². The number of amides is 1. The average molecular weight is 538 g/mol. The number of rotatable bonds is 4. The Kier molecular flexibility index (Phi) is 5.58. The zero-order valence-electron chi connectivity index (χ0n) is 15.5. The van der Waals surface area contributed by atoms with Crippen LogP contribution in [-0.4, -0.2) is 5.91 Å². The molecule has 0 spiro atoms. The number of anilines is 1. The maximum Gasteiger partial charge on any atom is 0.255 e. The number of benzene rings is 3. The first-order valence-electron chi connectivity index (χ1n) is 9.10. The van der Waals surface area contributed by atoms with Crippen LogP contribution < -0.4 is 5.32 Å². The topological polar surface area (TPSA) is 29.1 Å². The smallest absolute Gasteiger partial charge is 0.255 e. The van der Waals surface area contributed by atoms with E-state index in [1.807, 2.05) is 25.1 Å².